The number of thiazole rings is 1. The summed E-state index contributed by atoms with van der Waals surface area (Å²) in [5.74, 6) is 0.170. The van der Waals surface area contributed by atoms with E-state index in [1.807, 2.05) is 38.1 Å². The van der Waals surface area contributed by atoms with Gasteiger partial charge in [0.25, 0.3) is 5.91 Å². The molecule has 0 unspecified atom stereocenters. The number of nitrogens with one attached hydrogen (secondary N) is 2. The van der Waals surface area contributed by atoms with Crippen LogP contribution in [0.5, 0.6) is 5.75 Å². The number of hydrogen-bond acceptors (Lipinski definition) is 5. The van der Waals surface area contributed by atoms with Gasteiger partial charge in [-0.25, -0.2) is 4.98 Å². The van der Waals surface area contributed by atoms with Crippen LogP contribution in [-0.2, 0) is 4.79 Å². The molecule has 0 saturated heterocycles. The van der Waals surface area contributed by atoms with Crippen LogP contribution in [0, 0.1) is 5.92 Å². The molecule has 0 aliphatic carbocycles. The molecule has 0 spiro atoms. The van der Waals surface area contributed by atoms with Crippen molar-refractivity contribution < 1.29 is 14.3 Å². The molecule has 146 valence electrons. The monoisotopic (exact) mass is 397 g/mol. The lowest BCUT2D eigenvalue weighted by Crippen LogP contribution is -2.47. The highest BCUT2D eigenvalue weighted by atomic mass is 32.1. The minimum absolute atomic E-state index is 0.0258. The molecule has 1 heterocycles. The third-order valence-electron chi connectivity index (χ3n) is 4.64. The molecule has 3 aromatic rings. The smallest absolute Gasteiger partial charge is 0.251 e. The Morgan fingerprint density at radius 2 is 1.93 bits per heavy atom. The van der Waals surface area contributed by atoms with Crippen molar-refractivity contribution in [3.63, 3.8) is 0 Å². The van der Waals surface area contributed by atoms with Crippen LogP contribution in [0.3, 0.4) is 0 Å². The third kappa shape index (κ3) is 4.48. The number of hydrogen-bond donors (Lipinski definition) is 2. The van der Waals surface area contributed by atoms with Gasteiger partial charge < -0.3 is 15.4 Å². The van der Waals surface area contributed by atoms with Gasteiger partial charge >= 0.3 is 0 Å². The molecule has 2 aromatic carbocycles. The number of anilines is 1. The summed E-state index contributed by atoms with van der Waals surface area (Å²) in [6.45, 7) is 3.93. The molecule has 0 saturated carbocycles. The maximum atomic E-state index is 12.9. The topological polar surface area (TPSA) is 80.3 Å². The lowest BCUT2D eigenvalue weighted by atomic mass is 9.98. The van der Waals surface area contributed by atoms with Crippen molar-refractivity contribution >= 4 is 38.5 Å². The summed E-state index contributed by atoms with van der Waals surface area (Å²) >= 11 is 1.37. The third-order valence-corrected chi connectivity index (χ3v) is 5.58. The molecule has 2 N–H and O–H groups in total. The van der Waals surface area contributed by atoms with Crippen molar-refractivity contribution in [1.29, 1.82) is 0 Å². The van der Waals surface area contributed by atoms with E-state index >= 15 is 0 Å². The minimum Gasteiger partial charge on any atom is -0.497 e. The lowest BCUT2D eigenvalue weighted by molar-refractivity contribution is -0.119. The van der Waals surface area contributed by atoms with Gasteiger partial charge in [0.05, 0.1) is 17.3 Å². The summed E-state index contributed by atoms with van der Waals surface area (Å²) in [7, 11) is 1.61. The highest BCUT2D eigenvalue weighted by Gasteiger charge is 2.27. The molecule has 0 aliphatic rings. The number of amides is 2. The summed E-state index contributed by atoms with van der Waals surface area (Å²) in [5.41, 5.74) is 1.31. The average Bonchev–Trinajstić information content (AvgIpc) is 3.12. The van der Waals surface area contributed by atoms with Gasteiger partial charge in [-0.2, -0.15) is 0 Å². The van der Waals surface area contributed by atoms with E-state index in [0.717, 1.165) is 22.4 Å². The Morgan fingerprint density at radius 1 is 1.18 bits per heavy atom. The summed E-state index contributed by atoms with van der Waals surface area (Å²) < 4.78 is 6.15. The first kappa shape index (κ1) is 19.8. The number of carbonyl (C=O) groups excluding carboxylic acids is 2. The second kappa shape index (κ2) is 8.84. The largest absolute Gasteiger partial charge is 0.497 e. The van der Waals surface area contributed by atoms with E-state index in [1.165, 1.54) is 11.3 Å². The predicted octanol–water partition coefficient (Wildman–Crippen LogP) is 4.09. The van der Waals surface area contributed by atoms with E-state index in [1.54, 1.807) is 31.4 Å². The normalized spacial score (nSPS) is 13.0. The Balaban J connectivity index is 1.77. The van der Waals surface area contributed by atoms with Gasteiger partial charge in [0.15, 0.2) is 5.13 Å². The summed E-state index contributed by atoms with van der Waals surface area (Å²) in [6.07, 6.45) is 0.754. The number of fused-ring (bicyclic) bond motifs is 1. The van der Waals surface area contributed by atoms with E-state index < -0.39 is 6.04 Å². The van der Waals surface area contributed by atoms with E-state index in [4.69, 9.17) is 4.74 Å². The van der Waals surface area contributed by atoms with Gasteiger partial charge in [0.1, 0.15) is 11.8 Å². The number of methoxy groups -OCH3 is 1. The Morgan fingerprint density at radius 3 is 2.61 bits per heavy atom. The molecular weight excluding hydrogens is 374 g/mol. The van der Waals surface area contributed by atoms with Crippen LogP contribution in [0.1, 0.15) is 30.6 Å². The summed E-state index contributed by atoms with van der Waals surface area (Å²) in [5, 5.41) is 6.21. The zero-order chi connectivity index (χ0) is 20.1. The molecule has 2 amide bonds. The van der Waals surface area contributed by atoms with Gasteiger partial charge in [-0.3, -0.25) is 9.59 Å². The fourth-order valence-corrected chi connectivity index (χ4v) is 3.68. The fourth-order valence-electron chi connectivity index (χ4n) is 2.78. The number of ether oxygens (including phenoxy) is 1. The maximum absolute atomic E-state index is 12.9. The first-order valence-corrected chi connectivity index (χ1v) is 9.94. The lowest BCUT2D eigenvalue weighted by Gasteiger charge is -2.23. The summed E-state index contributed by atoms with van der Waals surface area (Å²) in [4.78, 5) is 29.9. The molecule has 7 heteroatoms. The minimum atomic E-state index is -0.653. The zero-order valence-corrected chi connectivity index (χ0v) is 16.9. The van der Waals surface area contributed by atoms with Crippen molar-refractivity contribution in [2.75, 3.05) is 12.4 Å². The van der Waals surface area contributed by atoms with Gasteiger partial charge in [0, 0.05) is 5.56 Å². The molecule has 0 fully saturated rings. The fraction of sp³-hybridized carbons (Fsp3) is 0.286. The SMILES string of the molecule is CC[C@H](C)[C@H](NC(=O)c1ccccc1)C(=O)Nc1nc2ccc(OC)cc2s1. The Bertz CT molecular complexity index is 971. The van der Waals surface area contributed by atoms with E-state index in [2.05, 4.69) is 15.6 Å². The van der Waals surface area contributed by atoms with Crippen molar-refractivity contribution in [3.05, 3.63) is 54.1 Å². The van der Waals surface area contributed by atoms with Crippen molar-refractivity contribution in [3.8, 4) is 5.75 Å². The highest BCUT2D eigenvalue weighted by molar-refractivity contribution is 7.22. The number of carbonyl (C=O) groups is 2. The van der Waals surface area contributed by atoms with Crippen LogP contribution in [-0.4, -0.2) is 29.9 Å². The molecule has 6 nitrogen and oxygen atoms in total. The Labute approximate surface area is 167 Å². The molecule has 28 heavy (non-hydrogen) atoms. The van der Waals surface area contributed by atoms with Gasteiger partial charge in [0.2, 0.25) is 5.91 Å². The quantitative estimate of drug-likeness (QED) is 0.629. The predicted molar refractivity (Wildman–Crippen MR) is 112 cm³/mol. The molecule has 1 aromatic heterocycles. The number of aromatic nitrogens is 1. The Kier molecular flexibility index (Phi) is 6.26. The van der Waals surface area contributed by atoms with Crippen LogP contribution in [0.4, 0.5) is 5.13 Å². The van der Waals surface area contributed by atoms with E-state index in [9.17, 15) is 9.59 Å². The molecular formula is C21H23N3O3S. The number of nitrogens with zero attached hydrogens (tertiary/aromatic N) is 1. The first-order valence-electron chi connectivity index (χ1n) is 9.13. The van der Waals surface area contributed by atoms with Crippen molar-refractivity contribution in [1.82, 2.24) is 10.3 Å². The van der Waals surface area contributed by atoms with Gasteiger partial charge in [-0.05, 0) is 36.2 Å². The zero-order valence-electron chi connectivity index (χ0n) is 16.1. The van der Waals surface area contributed by atoms with E-state index in [0.29, 0.717) is 10.7 Å². The number of rotatable bonds is 7. The highest BCUT2D eigenvalue weighted by Crippen LogP contribution is 2.29. The van der Waals surface area contributed by atoms with Crippen LogP contribution in [0.15, 0.2) is 48.5 Å². The molecule has 2 atom stereocenters. The second-order valence-corrected chi connectivity index (χ2v) is 7.58. The van der Waals surface area contributed by atoms with Crippen molar-refractivity contribution in [2.45, 2.75) is 26.3 Å². The van der Waals surface area contributed by atoms with Crippen molar-refractivity contribution in [2.24, 2.45) is 5.92 Å². The number of benzene rings is 2. The molecule has 3 rings (SSSR count). The molecule has 0 aliphatic heterocycles. The second-order valence-electron chi connectivity index (χ2n) is 6.54. The van der Waals surface area contributed by atoms with Gasteiger partial charge in [-0.1, -0.05) is 49.8 Å². The van der Waals surface area contributed by atoms with E-state index in [-0.39, 0.29) is 17.7 Å². The summed E-state index contributed by atoms with van der Waals surface area (Å²) in [6, 6.07) is 13.8. The molecule has 0 radical (unpaired) electrons. The van der Waals surface area contributed by atoms with Gasteiger partial charge in [-0.15, -0.1) is 0 Å². The standard InChI is InChI=1S/C21H23N3O3S/c1-4-13(2)18(23-19(25)14-8-6-5-7-9-14)20(26)24-21-22-16-11-10-15(27-3)12-17(16)28-21/h5-13,18H,4H2,1-3H3,(H,23,25)(H,22,24,26)/t13-,18-/m0/s1. The maximum Gasteiger partial charge on any atom is 0.251 e. The Hall–Kier alpha value is -2.93. The average molecular weight is 398 g/mol. The first-order chi connectivity index (χ1) is 13.5. The van der Waals surface area contributed by atoms with Crippen LogP contribution < -0.4 is 15.4 Å². The molecule has 0 bridgehead atoms. The van der Waals surface area contributed by atoms with Crippen LogP contribution in [0.25, 0.3) is 10.2 Å². The van der Waals surface area contributed by atoms with Crippen LogP contribution in [0.2, 0.25) is 0 Å². The van der Waals surface area contributed by atoms with Crippen LogP contribution >= 0.6 is 11.3 Å².